The zero-order valence-electron chi connectivity index (χ0n) is 19.9. The average molecular weight is 519 g/mol. The molecule has 0 atom stereocenters. The van der Waals surface area contributed by atoms with Crippen LogP contribution in [0.15, 0.2) is 65.8 Å². The molecular formula is C27H26N4O3S2. The third-order valence-electron chi connectivity index (χ3n) is 6.18. The minimum absolute atomic E-state index is 0.0311. The largest absolute Gasteiger partial charge is 0.481 e. The third kappa shape index (κ3) is 5.22. The number of thioether (sulfide) groups is 1. The lowest BCUT2D eigenvalue weighted by molar-refractivity contribution is -0.133. The van der Waals surface area contributed by atoms with E-state index in [1.54, 1.807) is 11.3 Å². The Balaban J connectivity index is 1.30. The highest BCUT2D eigenvalue weighted by Gasteiger charge is 2.25. The normalized spacial score (nSPS) is 13.8. The standard InChI is InChI=1S/C27H26N4O3S2/c1-2-21-16-22-24(28-27(29-25(22)36-21)35-17-23(32)33)30-12-14-31(15-13-30)26(34)20-10-8-19(9-11-20)18-6-4-3-5-7-18/h3-11,16H,2,12-15,17H2,1H3,(H,32,33). The van der Waals surface area contributed by atoms with E-state index in [2.05, 4.69) is 35.0 Å². The Kier molecular flexibility index (Phi) is 7.20. The van der Waals surface area contributed by atoms with E-state index in [0.717, 1.165) is 45.3 Å². The number of anilines is 1. The molecule has 0 spiro atoms. The Bertz CT molecular complexity index is 1380. The molecule has 0 bridgehead atoms. The molecule has 4 aromatic rings. The maximum Gasteiger partial charge on any atom is 0.313 e. The van der Waals surface area contributed by atoms with E-state index in [1.807, 2.05) is 47.4 Å². The van der Waals surface area contributed by atoms with Crippen LogP contribution in [-0.4, -0.2) is 63.8 Å². The summed E-state index contributed by atoms with van der Waals surface area (Å²) in [6.45, 7) is 4.59. The van der Waals surface area contributed by atoms with E-state index in [-0.39, 0.29) is 11.7 Å². The number of carboxylic acid groups (broad SMARTS) is 1. The monoisotopic (exact) mass is 518 g/mol. The topological polar surface area (TPSA) is 86.6 Å². The lowest BCUT2D eigenvalue weighted by atomic mass is 10.0. The van der Waals surface area contributed by atoms with Gasteiger partial charge in [0.15, 0.2) is 5.16 Å². The first kappa shape index (κ1) is 24.3. The molecule has 1 amide bonds. The van der Waals surface area contributed by atoms with E-state index in [9.17, 15) is 9.59 Å². The molecule has 5 rings (SSSR count). The number of carboxylic acids is 1. The number of thiophene rings is 1. The number of benzene rings is 2. The first-order valence-electron chi connectivity index (χ1n) is 11.9. The average Bonchev–Trinajstić information content (AvgIpc) is 3.35. The quantitative estimate of drug-likeness (QED) is 0.270. The number of fused-ring (bicyclic) bond motifs is 1. The summed E-state index contributed by atoms with van der Waals surface area (Å²) in [4.78, 5) is 39.7. The molecule has 2 aromatic carbocycles. The third-order valence-corrected chi connectivity index (χ3v) is 8.19. The van der Waals surface area contributed by atoms with Gasteiger partial charge in [0.1, 0.15) is 10.6 Å². The van der Waals surface area contributed by atoms with Crippen molar-refractivity contribution in [1.29, 1.82) is 0 Å². The number of hydrogen-bond acceptors (Lipinski definition) is 7. The Hall–Kier alpha value is -3.43. The Morgan fingerprint density at radius 3 is 2.33 bits per heavy atom. The second-order valence-electron chi connectivity index (χ2n) is 8.52. The fraction of sp³-hybridized carbons (Fsp3) is 0.259. The lowest BCUT2D eigenvalue weighted by Crippen LogP contribution is -2.49. The number of amides is 1. The van der Waals surface area contributed by atoms with Crippen LogP contribution in [0.5, 0.6) is 0 Å². The molecule has 0 aliphatic carbocycles. The summed E-state index contributed by atoms with van der Waals surface area (Å²) in [5, 5.41) is 10.5. The van der Waals surface area contributed by atoms with Crippen LogP contribution in [0.2, 0.25) is 0 Å². The molecule has 1 N–H and O–H groups in total. The highest BCUT2D eigenvalue weighted by atomic mass is 32.2. The zero-order chi connectivity index (χ0) is 25.1. The van der Waals surface area contributed by atoms with Crippen LogP contribution in [0.3, 0.4) is 0 Å². The SMILES string of the molecule is CCc1cc2c(N3CCN(C(=O)c4ccc(-c5ccccc5)cc4)CC3)nc(SCC(=O)O)nc2s1. The van der Waals surface area contributed by atoms with Gasteiger partial charge in [0.05, 0.1) is 11.1 Å². The molecule has 0 radical (unpaired) electrons. The van der Waals surface area contributed by atoms with Crippen molar-refractivity contribution in [1.82, 2.24) is 14.9 Å². The van der Waals surface area contributed by atoms with Crippen molar-refractivity contribution in [2.75, 3.05) is 36.8 Å². The van der Waals surface area contributed by atoms with Crippen molar-refractivity contribution in [2.24, 2.45) is 0 Å². The Morgan fingerprint density at radius 1 is 0.972 bits per heavy atom. The summed E-state index contributed by atoms with van der Waals surface area (Å²) < 4.78 is 0. The molecule has 0 saturated carbocycles. The lowest BCUT2D eigenvalue weighted by Gasteiger charge is -2.35. The van der Waals surface area contributed by atoms with Gasteiger partial charge in [0.25, 0.3) is 5.91 Å². The number of aryl methyl sites for hydroxylation is 1. The Labute approximate surface area is 217 Å². The molecule has 3 heterocycles. The maximum atomic E-state index is 13.2. The molecule has 1 saturated heterocycles. The summed E-state index contributed by atoms with van der Waals surface area (Å²) in [5.41, 5.74) is 2.90. The molecule has 7 nitrogen and oxygen atoms in total. The highest BCUT2D eigenvalue weighted by molar-refractivity contribution is 7.99. The highest BCUT2D eigenvalue weighted by Crippen LogP contribution is 2.34. The molecule has 36 heavy (non-hydrogen) atoms. The fourth-order valence-electron chi connectivity index (χ4n) is 4.28. The van der Waals surface area contributed by atoms with Gasteiger partial charge in [-0.1, -0.05) is 61.2 Å². The van der Waals surface area contributed by atoms with Crippen LogP contribution in [0.25, 0.3) is 21.3 Å². The molecule has 9 heteroatoms. The van der Waals surface area contributed by atoms with Crippen molar-refractivity contribution in [3.63, 3.8) is 0 Å². The van der Waals surface area contributed by atoms with Crippen LogP contribution >= 0.6 is 23.1 Å². The van der Waals surface area contributed by atoms with Crippen LogP contribution < -0.4 is 4.90 Å². The summed E-state index contributed by atoms with van der Waals surface area (Å²) in [6.07, 6.45) is 0.906. The number of hydrogen-bond donors (Lipinski definition) is 1. The predicted octanol–water partition coefficient (Wildman–Crippen LogP) is 5.06. The van der Waals surface area contributed by atoms with Gasteiger partial charge in [-0.15, -0.1) is 11.3 Å². The van der Waals surface area contributed by atoms with Crippen molar-refractivity contribution < 1.29 is 14.7 Å². The van der Waals surface area contributed by atoms with Gasteiger partial charge in [0.2, 0.25) is 0 Å². The molecule has 1 fully saturated rings. The van der Waals surface area contributed by atoms with Crippen molar-refractivity contribution in [3.8, 4) is 11.1 Å². The number of nitrogens with zero attached hydrogens (tertiary/aromatic N) is 4. The minimum atomic E-state index is -0.894. The summed E-state index contributed by atoms with van der Waals surface area (Å²) >= 11 is 2.76. The smallest absolute Gasteiger partial charge is 0.313 e. The van der Waals surface area contributed by atoms with E-state index >= 15 is 0 Å². The van der Waals surface area contributed by atoms with Crippen molar-refractivity contribution in [3.05, 3.63) is 71.1 Å². The minimum Gasteiger partial charge on any atom is -0.481 e. The summed E-state index contributed by atoms with van der Waals surface area (Å²) in [5.74, 6) is -0.121. The van der Waals surface area contributed by atoms with Gasteiger partial charge >= 0.3 is 5.97 Å². The first-order chi connectivity index (χ1) is 17.5. The molecule has 0 unspecified atom stereocenters. The van der Waals surface area contributed by atoms with Gasteiger partial charge in [0, 0.05) is 36.6 Å². The molecule has 1 aliphatic heterocycles. The van der Waals surface area contributed by atoms with Crippen molar-refractivity contribution >= 4 is 51.0 Å². The number of carbonyl (C=O) groups excluding carboxylic acids is 1. The Morgan fingerprint density at radius 2 is 1.67 bits per heavy atom. The second-order valence-corrected chi connectivity index (χ2v) is 10.6. The zero-order valence-corrected chi connectivity index (χ0v) is 21.5. The van der Waals surface area contributed by atoms with E-state index in [1.165, 1.54) is 4.88 Å². The molecular weight excluding hydrogens is 492 g/mol. The number of carbonyl (C=O) groups is 2. The predicted molar refractivity (Wildman–Crippen MR) is 145 cm³/mol. The van der Waals surface area contributed by atoms with Gasteiger partial charge < -0.3 is 14.9 Å². The summed E-state index contributed by atoms with van der Waals surface area (Å²) in [7, 11) is 0. The number of rotatable bonds is 7. The second kappa shape index (κ2) is 10.7. The summed E-state index contributed by atoms with van der Waals surface area (Å²) in [6, 6.07) is 20.0. The maximum absolute atomic E-state index is 13.2. The van der Waals surface area contributed by atoms with Crippen LogP contribution in [0, 0.1) is 0 Å². The van der Waals surface area contributed by atoms with E-state index < -0.39 is 5.97 Å². The van der Waals surface area contributed by atoms with Gasteiger partial charge in [-0.2, -0.15) is 0 Å². The van der Waals surface area contributed by atoms with Gasteiger partial charge in [-0.25, -0.2) is 9.97 Å². The number of aromatic nitrogens is 2. The molecule has 2 aromatic heterocycles. The van der Waals surface area contributed by atoms with Gasteiger partial charge in [-0.05, 0) is 35.7 Å². The van der Waals surface area contributed by atoms with Gasteiger partial charge in [-0.3, -0.25) is 9.59 Å². The van der Waals surface area contributed by atoms with Crippen LogP contribution in [0.4, 0.5) is 5.82 Å². The number of aliphatic carboxylic acids is 1. The van der Waals surface area contributed by atoms with E-state index in [4.69, 9.17) is 10.1 Å². The van der Waals surface area contributed by atoms with Crippen LogP contribution in [-0.2, 0) is 11.2 Å². The molecule has 184 valence electrons. The fourth-order valence-corrected chi connectivity index (χ4v) is 5.86. The van der Waals surface area contributed by atoms with E-state index in [0.29, 0.717) is 36.9 Å². The number of piperazine rings is 1. The first-order valence-corrected chi connectivity index (χ1v) is 13.7. The molecule has 1 aliphatic rings. The van der Waals surface area contributed by atoms with Crippen molar-refractivity contribution in [2.45, 2.75) is 18.5 Å². The van der Waals surface area contributed by atoms with Crippen LogP contribution in [0.1, 0.15) is 22.2 Å².